The molecule has 1 aromatic rings. The van der Waals surface area contributed by atoms with Gasteiger partial charge in [-0.3, -0.25) is 0 Å². The zero-order valence-electron chi connectivity index (χ0n) is 10.8. The van der Waals surface area contributed by atoms with Crippen molar-refractivity contribution in [1.82, 2.24) is 5.32 Å². The van der Waals surface area contributed by atoms with E-state index in [-0.39, 0.29) is 17.0 Å². The average molecular weight is 359 g/mol. The minimum Gasteiger partial charge on any atom is -0.487 e. The monoisotopic (exact) mass is 357 g/mol. The molecule has 3 rings (SSSR count). The normalized spacial score (nSPS) is 19.6. The van der Waals surface area contributed by atoms with Crippen LogP contribution in [0, 0.1) is 0 Å². The fourth-order valence-electron chi connectivity index (χ4n) is 2.31. The maximum absolute atomic E-state index is 14.2. The highest BCUT2D eigenvalue weighted by Gasteiger charge is 2.23. The Kier molecular flexibility index (Phi) is 4.15. The number of hydrogen-bond acceptors (Lipinski definition) is 2. The second-order valence-electron chi connectivity index (χ2n) is 4.92. The summed E-state index contributed by atoms with van der Waals surface area (Å²) in [6.45, 7) is 1.66. The van der Waals surface area contributed by atoms with Gasteiger partial charge in [0, 0.05) is 28.7 Å². The Bertz CT molecular complexity index is 596. The van der Waals surface area contributed by atoms with Gasteiger partial charge in [-0.15, -0.1) is 0 Å². The summed E-state index contributed by atoms with van der Waals surface area (Å²) in [4.78, 5) is 0. The van der Waals surface area contributed by atoms with Crippen molar-refractivity contribution >= 4 is 33.1 Å². The summed E-state index contributed by atoms with van der Waals surface area (Å²) in [5.74, 6) is 0.374. The first-order chi connectivity index (χ1) is 9.65. The molecule has 1 N–H and O–H groups in total. The van der Waals surface area contributed by atoms with E-state index in [1.807, 2.05) is 18.2 Å². The number of allylic oxidation sites excluding steroid dienone is 4. The van der Waals surface area contributed by atoms with Crippen molar-refractivity contribution in [3.63, 3.8) is 0 Å². The fraction of sp³-hybridized carbons (Fsp3) is 0.333. The molecule has 1 aromatic carbocycles. The lowest BCUT2D eigenvalue weighted by Gasteiger charge is -2.29. The van der Waals surface area contributed by atoms with Crippen LogP contribution in [0.5, 0.6) is 5.75 Å². The molecule has 2 aliphatic rings. The highest BCUT2D eigenvalue weighted by atomic mass is 79.9. The summed E-state index contributed by atoms with van der Waals surface area (Å²) in [6.07, 6.45) is 3.27. The summed E-state index contributed by atoms with van der Waals surface area (Å²) in [7, 11) is 0. The van der Waals surface area contributed by atoms with Crippen molar-refractivity contribution in [2.24, 2.45) is 0 Å². The van der Waals surface area contributed by atoms with Crippen LogP contribution in [0.25, 0.3) is 5.57 Å². The molecule has 0 radical (unpaired) electrons. The van der Waals surface area contributed by atoms with E-state index in [4.69, 9.17) is 16.3 Å². The smallest absolute Gasteiger partial charge is 0.145 e. The number of halogens is 3. The van der Waals surface area contributed by atoms with E-state index in [9.17, 15) is 4.39 Å². The van der Waals surface area contributed by atoms with E-state index in [1.54, 1.807) is 6.08 Å². The first-order valence-corrected chi connectivity index (χ1v) is 7.74. The second kappa shape index (κ2) is 5.88. The largest absolute Gasteiger partial charge is 0.487 e. The van der Waals surface area contributed by atoms with Crippen molar-refractivity contribution in [1.29, 1.82) is 0 Å². The summed E-state index contributed by atoms with van der Waals surface area (Å²) in [5, 5.41) is 3.36. The van der Waals surface area contributed by atoms with E-state index in [0.29, 0.717) is 17.7 Å². The van der Waals surface area contributed by atoms with Gasteiger partial charge in [0.15, 0.2) is 0 Å². The molecular weight excluding hydrogens is 345 g/mol. The van der Waals surface area contributed by atoms with Gasteiger partial charge in [-0.05, 0) is 31.0 Å². The lowest BCUT2D eigenvalue weighted by molar-refractivity contribution is 0.141. The molecule has 0 unspecified atom stereocenters. The number of nitrogens with one attached hydrogen (secondary N) is 1. The van der Waals surface area contributed by atoms with Gasteiger partial charge in [-0.25, -0.2) is 4.39 Å². The molecule has 106 valence electrons. The van der Waals surface area contributed by atoms with Crippen LogP contribution in [0.1, 0.15) is 18.4 Å². The Morgan fingerprint density at radius 3 is 2.85 bits per heavy atom. The molecule has 0 spiro atoms. The van der Waals surface area contributed by atoms with Crippen LogP contribution in [0.15, 0.2) is 39.6 Å². The Morgan fingerprint density at radius 1 is 1.35 bits per heavy atom. The molecule has 1 saturated heterocycles. The van der Waals surface area contributed by atoms with Crippen LogP contribution in [0.4, 0.5) is 4.39 Å². The quantitative estimate of drug-likeness (QED) is 0.865. The Morgan fingerprint density at radius 2 is 2.15 bits per heavy atom. The first kappa shape index (κ1) is 14.1. The van der Waals surface area contributed by atoms with Gasteiger partial charge in [-0.1, -0.05) is 33.6 Å². The molecule has 0 aromatic heterocycles. The third-order valence-electron chi connectivity index (χ3n) is 3.50. The minimum absolute atomic E-state index is 0.154. The second-order valence-corrected chi connectivity index (χ2v) is 6.24. The number of benzene rings is 1. The van der Waals surface area contributed by atoms with Crippen molar-refractivity contribution in [2.45, 2.75) is 18.9 Å². The van der Waals surface area contributed by atoms with Gasteiger partial charge < -0.3 is 10.1 Å². The van der Waals surface area contributed by atoms with Crippen LogP contribution in [0.2, 0.25) is 0 Å². The summed E-state index contributed by atoms with van der Waals surface area (Å²) >= 11 is 9.34. The van der Waals surface area contributed by atoms with Crippen LogP contribution in [-0.4, -0.2) is 19.2 Å². The molecule has 20 heavy (non-hydrogen) atoms. The topological polar surface area (TPSA) is 21.3 Å². The molecule has 0 saturated carbocycles. The van der Waals surface area contributed by atoms with E-state index in [1.165, 1.54) is 0 Å². The van der Waals surface area contributed by atoms with Gasteiger partial charge in [0.2, 0.25) is 0 Å². The maximum atomic E-state index is 14.2. The third kappa shape index (κ3) is 2.78. The van der Waals surface area contributed by atoms with Crippen LogP contribution < -0.4 is 10.1 Å². The van der Waals surface area contributed by atoms with Crippen molar-refractivity contribution in [2.75, 3.05) is 13.1 Å². The molecule has 0 atom stereocenters. The predicted molar refractivity (Wildman–Crippen MR) is 82.6 cm³/mol. The summed E-state index contributed by atoms with van der Waals surface area (Å²) < 4.78 is 21.1. The SMILES string of the molecule is FC1=C(c2ccc(Br)cc2OC2CNC2)CCC=C1Cl. The van der Waals surface area contributed by atoms with Crippen LogP contribution in [-0.2, 0) is 0 Å². The molecule has 1 heterocycles. The lowest BCUT2D eigenvalue weighted by atomic mass is 9.95. The highest BCUT2D eigenvalue weighted by molar-refractivity contribution is 9.10. The number of ether oxygens (including phenoxy) is 1. The third-order valence-corrected chi connectivity index (χ3v) is 4.31. The zero-order valence-corrected chi connectivity index (χ0v) is 13.1. The molecule has 1 fully saturated rings. The van der Waals surface area contributed by atoms with Gasteiger partial charge in [0.1, 0.15) is 17.7 Å². The molecule has 1 aliphatic carbocycles. The number of hydrogen-bond donors (Lipinski definition) is 1. The molecule has 0 amide bonds. The Balaban J connectivity index is 1.99. The summed E-state index contributed by atoms with van der Waals surface area (Å²) in [5.41, 5.74) is 1.43. The van der Waals surface area contributed by atoms with E-state index in [2.05, 4.69) is 21.2 Å². The minimum atomic E-state index is -0.336. The molecule has 1 aliphatic heterocycles. The molecule has 0 bridgehead atoms. The first-order valence-electron chi connectivity index (χ1n) is 6.57. The van der Waals surface area contributed by atoms with Gasteiger partial charge >= 0.3 is 0 Å². The zero-order chi connectivity index (χ0) is 14.1. The van der Waals surface area contributed by atoms with Crippen molar-refractivity contribution in [3.05, 3.63) is 45.2 Å². The Hall–Kier alpha value is -0.840. The average Bonchev–Trinajstić information content (AvgIpc) is 2.38. The van der Waals surface area contributed by atoms with Crippen LogP contribution >= 0.6 is 27.5 Å². The lowest BCUT2D eigenvalue weighted by Crippen LogP contribution is -2.50. The molecule has 5 heteroatoms. The predicted octanol–water partition coefficient (Wildman–Crippen LogP) is 4.40. The van der Waals surface area contributed by atoms with Crippen molar-refractivity contribution < 1.29 is 9.13 Å². The molecular formula is C15H14BrClFNO. The van der Waals surface area contributed by atoms with Crippen LogP contribution in [0.3, 0.4) is 0 Å². The van der Waals surface area contributed by atoms with Gasteiger partial charge in [0.05, 0.1) is 5.03 Å². The maximum Gasteiger partial charge on any atom is 0.145 e. The fourth-order valence-corrected chi connectivity index (χ4v) is 2.87. The molecule has 2 nitrogen and oxygen atoms in total. The number of rotatable bonds is 3. The highest BCUT2D eigenvalue weighted by Crippen LogP contribution is 2.40. The van der Waals surface area contributed by atoms with E-state index in [0.717, 1.165) is 29.5 Å². The van der Waals surface area contributed by atoms with E-state index < -0.39 is 0 Å². The van der Waals surface area contributed by atoms with Crippen molar-refractivity contribution in [3.8, 4) is 5.75 Å². The van der Waals surface area contributed by atoms with Gasteiger partial charge in [0.25, 0.3) is 0 Å². The standard InChI is InChI=1S/C15H14BrClFNO/c16-9-4-5-11(12-2-1-3-13(17)15(12)18)14(6-9)20-10-7-19-8-10/h3-6,10,19H,1-2,7-8H2. The van der Waals surface area contributed by atoms with E-state index >= 15 is 0 Å². The Labute approximate surface area is 130 Å². The summed E-state index contributed by atoms with van der Waals surface area (Å²) in [6, 6.07) is 5.67. The van der Waals surface area contributed by atoms with Gasteiger partial charge in [-0.2, -0.15) is 0 Å².